The Morgan fingerprint density at radius 3 is 2.48 bits per heavy atom. The molecule has 3 atom stereocenters. The summed E-state index contributed by atoms with van der Waals surface area (Å²) in [5.41, 5.74) is 1.72. The number of nitrogens with zero attached hydrogens (tertiary/aromatic N) is 1. The average Bonchev–Trinajstić information content (AvgIpc) is 3.05. The quantitative estimate of drug-likeness (QED) is 0.667. The topological polar surface area (TPSA) is 94.1 Å². The van der Waals surface area contributed by atoms with Gasteiger partial charge in [-0.2, -0.15) is 0 Å². The van der Waals surface area contributed by atoms with E-state index < -0.39 is 28.0 Å². The first-order chi connectivity index (χ1) is 14.4. The molecule has 174 valence electrons. The summed E-state index contributed by atoms with van der Waals surface area (Å²) in [6, 6.07) is 5.34. The molecule has 0 spiro atoms. The summed E-state index contributed by atoms with van der Waals surface area (Å²) in [7, 11) is 0. The van der Waals surface area contributed by atoms with Crippen molar-refractivity contribution in [3.63, 3.8) is 0 Å². The minimum Gasteiger partial charge on any atom is -0.598 e. The highest BCUT2D eigenvalue weighted by Gasteiger charge is 2.41. The minimum absolute atomic E-state index is 0.0371. The predicted octanol–water partition coefficient (Wildman–Crippen LogP) is 3.18. The Kier molecular flexibility index (Phi) is 7.28. The van der Waals surface area contributed by atoms with Gasteiger partial charge < -0.3 is 24.0 Å². The van der Waals surface area contributed by atoms with Crippen molar-refractivity contribution in [2.45, 2.75) is 77.1 Å². The molecule has 1 aromatic carbocycles. The Morgan fingerprint density at radius 1 is 1.32 bits per heavy atom. The fraction of sp³-hybridized carbons (Fsp3) is 0.696. The summed E-state index contributed by atoms with van der Waals surface area (Å²) in [5, 5.41) is 10.6. The Labute approximate surface area is 188 Å². The van der Waals surface area contributed by atoms with E-state index in [-0.39, 0.29) is 30.2 Å². The largest absolute Gasteiger partial charge is 0.598 e. The lowest BCUT2D eigenvalue weighted by Crippen LogP contribution is -2.48. The second-order valence-electron chi connectivity index (χ2n) is 10.0. The van der Waals surface area contributed by atoms with Gasteiger partial charge in [-0.1, -0.05) is 12.1 Å². The molecule has 31 heavy (non-hydrogen) atoms. The maximum Gasteiger partial charge on any atom is 0.254 e. The van der Waals surface area contributed by atoms with E-state index in [0.717, 1.165) is 24.0 Å². The number of rotatable bonds is 5. The molecule has 2 N–H and O–H groups in total. The highest BCUT2D eigenvalue weighted by atomic mass is 32.2. The van der Waals surface area contributed by atoms with E-state index >= 15 is 0 Å². The smallest absolute Gasteiger partial charge is 0.254 e. The molecule has 8 heteroatoms. The van der Waals surface area contributed by atoms with Gasteiger partial charge in [-0.15, -0.1) is 4.72 Å². The number of ether oxygens (including phenoxy) is 2. The molecule has 2 aliphatic rings. The van der Waals surface area contributed by atoms with Crippen LogP contribution in [0.4, 0.5) is 0 Å². The number of carbonyl (C=O) groups is 1. The summed E-state index contributed by atoms with van der Waals surface area (Å²) in [4.78, 5) is 14.7. The van der Waals surface area contributed by atoms with Gasteiger partial charge in [0.1, 0.15) is 10.5 Å². The van der Waals surface area contributed by atoms with Crippen LogP contribution in [0.2, 0.25) is 0 Å². The lowest BCUT2D eigenvalue weighted by molar-refractivity contribution is -0.161. The standard InChI is InChI=1S/C23H36N2O5S/c1-15-7-8-17(18(26)13-15)20(24-31(28)22(2,3)4)16-9-11-25(12-10-16)21(27)19-14-29-23(5,6)30-19/h7-8,13,16,19-20,24,26H,9-12,14H2,1-6H3/t19-,20?,31?/m1/s1. The SMILES string of the molecule is Cc1ccc(C(N[S+]([O-])C(C)(C)C)C2CCN(C(=O)[C@H]3COC(C)(C)O3)CC2)c(O)c1. The first kappa shape index (κ1) is 24.3. The van der Waals surface area contributed by atoms with Crippen LogP contribution in [-0.4, -0.2) is 56.8 Å². The van der Waals surface area contributed by atoms with E-state index in [1.165, 1.54) is 0 Å². The van der Waals surface area contributed by atoms with Crippen LogP contribution < -0.4 is 4.72 Å². The van der Waals surface area contributed by atoms with Crippen LogP contribution in [0.25, 0.3) is 0 Å². The highest BCUT2D eigenvalue weighted by Crippen LogP contribution is 2.37. The molecule has 2 unspecified atom stereocenters. The van der Waals surface area contributed by atoms with E-state index in [1.54, 1.807) is 6.07 Å². The highest BCUT2D eigenvalue weighted by molar-refractivity contribution is 7.90. The van der Waals surface area contributed by atoms with Crippen molar-refractivity contribution in [2.75, 3.05) is 19.7 Å². The maximum atomic E-state index is 12.9. The van der Waals surface area contributed by atoms with E-state index in [2.05, 4.69) is 4.72 Å². The Balaban J connectivity index is 1.71. The zero-order valence-electron chi connectivity index (χ0n) is 19.4. The summed E-state index contributed by atoms with van der Waals surface area (Å²) in [6.07, 6.45) is 0.930. The molecule has 2 heterocycles. The number of aromatic hydroxyl groups is 1. The number of carbonyl (C=O) groups excluding carboxylic acids is 1. The van der Waals surface area contributed by atoms with Crippen LogP contribution in [0, 0.1) is 12.8 Å². The molecule has 0 radical (unpaired) electrons. The predicted molar refractivity (Wildman–Crippen MR) is 121 cm³/mol. The number of amides is 1. The first-order valence-corrected chi connectivity index (χ1v) is 12.1. The molecule has 7 nitrogen and oxygen atoms in total. The molecule has 2 aliphatic heterocycles. The number of aryl methyl sites for hydroxylation is 1. The van der Waals surface area contributed by atoms with E-state index in [4.69, 9.17) is 9.47 Å². The van der Waals surface area contributed by atoms with Crippen LogP contribution in [0.1, 0.15) is 64.6 Å². The van der Waals surface area contributed by atoms with Gasteiger partial charge in [-0.3, -0.25) is 4.79 Å². The third-order valence-corrected chi connectivity index (χ3v) is 7.50. The Bertz CT molecular complexity index is 787. The van der Waals surface area contributed by atoms with Gasteiger partial charge in [0, 0.05) is 30.0 Å². The van der Waals surface area contributed by atoms with Crippen molar-refractivity contribution in [2.24, 2.45) is 5.92 Å². The number of likely N-dealkylation sites (tertiary alicyclic amines) is 1. The normalized spacial score (nSPS) is 24.2. The lowest BCUT2D eigenvalue weighted by atomic mass is 9.85. The van der Waals surface area contributed by atoms with Crippen molar-refractivity contribution >= 4 is 17.3 Å². The van der Waals surface area contributed by atoms with Gasteiger partial charge in [0.05, 0.1) is 12.6 Å². The number of hydrogen-bond acceptors (Lipinski definition) is 6. The zero-order valence-corrected chi connectivity index (χ0v) is 20.3. The van der Waals surface area contributed by atoms with Crippen LogP contribution in [0.15, 0.2) is 18.2 Å². The third-order valence-electron chi connectivity index (χ3n) is 5.92. The van der Waals surface area contributed by atoms with E-state index in [0.29, 0.717) is 13.1 Å². The average molecular weight is 453 g/mol. The van der Waals surface area contributed by atoms with Gasteiger partial charge in [0.15, 0.2) is 11.9 Å². The van der Waals surface area contributed by atoms with Gasteiger partial charge in [0.25, 0.3) is 5.91 Å². The monoisotopic (exact) mass is 452 g/mol. The minimum atomic E-state index is -1.29. The molecular weight excluding hydrogens is 416 g/mol. The lowest BCUT2D eigenvalue weighted by Gasteiger charge is -2.38. The van der Waals surface area contributed by atoms with Crippen molar-refractivity contribution in [1.29, 1.82) is 0 Å². The summed E-state index contributed by atoms with van der Waals surface area (Å²) >= 11 is -1.29. The number of piperidine rings is 1. The van der Waals surface area contributed by atoms with Gasteiger partial charge in [0.2, 0.25) is 0 Å². The van der Waals surface area contributed by atoms with Crippen molar-refractivity contribution in [1.82, 2.24) is 9.62 Å². The first-order valence-electron chi connectivity index (χ1n) is 11.0. The Hall–Kier alpha value is -1.32. The van der Waals surface area contributed by atoms with Crippen LogP contribution in [0.3, 0.4) is 0 Å². The van der Waals surface area contributed by atoms with Crippen LogP contribution >= 0.6 is 0 Å². The zero-order chi connectivity index (χ0) is 23.0. The molecule has 0 aromatic heterocycles. The van der Waals surface area contributed by atoms with Crippen LogP contribution in [-0.2, 0) is 25.6 Å². The second kappa shape index (κ2) is 9.27. The Morgan fingerprint density at radius 2 is 1.97 bits per heavy atom. The van der Waals surface area contributed by atoms with E-state index in [9.17, 15) is 14.5 Å². The second-order valence-corrected chi connectivity index (χ2v) is 12.0. The fourth-order valence-corrected chi connectivity index (χ4v) is 4.99. The maximum absolute atomic E-state index is 12.9. The number of phenols is 1. The number of nitrogens with one attached hydrogen (secondary N) is 1. The number of benzene rings is 1. The number of hydrogen-bond donors (Lipinski definition) is 2. The summed E-state index contributed by atoms with van der Waals surface area (Å²) in [5.74, 6) is -0.417. The molecule has 0 bridgehead atoms. The van der Waals surface area contributed by atoms with Crippen LogP contribution in [0.5, 0.6) is 5.75 Å². The fourth-order valence-electron chi connectivity index (χ4n) is 4.09. The molecule has 3 rings (SSSR count). The third kappa shape index (κ3) is 5.93. The van der Waals surface area contributed by atoms with Gasteiger partial charge in [-0.05, 0) is 71.9 Å². The molecule has 2 saturated heterocycles. The summed E-state index contributed by atoms with van der Waals surface area (Å²) in [6.45, 7) is 12.8. The molecular formula is C23H36N2O5S. The number of phenolic OH excluding ortho intramolecular Hbond substituents is 1. The van der Waals surface area contributed by atoms with E-state index in [1.807, 2.05) is 58.6 Å². The molecule has 1 amide bonds. The van der Waals surface area contributed by atoms with Crippen molar-refractivity contribution in [3.05, 3.63) is 29.3 Å². The summed E-state index contributed by atoms with van der Waals surface area (Å²) < 4.78 is 27.0. The molecule has 0 saturated carbocycles. The van der Waals surface area contributed by atoms with Gasteiger partial charge >= 0.3 is 0 Å². The molecule has 0 aliphatic carbocycles. The van der Waals surface area contributed by atoms with Crippen molar-refractivity contribution < 1.29 is 23.9 Å². The molecule has 1 aromatic rings. The van der Waals surface area contributed by atoms with Gasteiger partial charge in [-0.25, -0.2) is 0 Å². The van der Waals surface area contributed by atoms with Crippen molar-refractivity contribution in [3.8, 4) is 5.75 Å². The molecule has 2 fully saturated rings.